The van der Waals surface area contributed by atoms with E-state index in [-0.39, 0.29) is 29.5 Å². The molecule has 0 bridgehead atoms. The third-order valence-corrected chi connectivity index (χ3v) is 8.06. The quantitative estimate of drug-likeness (QED) is 0.339. The molecule has 0 aliphatic carbocycles. The second-order valence-electron chi connectivity index (χ2n) is 10.7. The number of carbonyl (C=O) groups excluding carboxylic acids is 3. The lowest BCUT2D eigenvalue weighted by Crippen LogP contribution is -2.63. The highest BCUT2D eigenvalue weighted by Crippen LogP contribution is 2.46. The van der Waals surface area contributed by atoms with Crippen molar-refractivity contribution in [2.24, 2.45) is 5.73 Å². The van der Waals surface area contributed by atoms with Crippen LogP contribution in [0.3, 0.4) is 0 Å². The van der Waals surface area contributed by atoms with Gasteiger partial charge in [0.2, 0.25) is 11.8 Å². The number of ether oxygens (including phenoxy) is 2. The number of aromatic nitrogens is 3. The van der Waals surface area contributed by atoms with Gasteiger partial charge in [-0.1, -0.05) is 23.2 Å². The van der Waals surface area contributed by atoms with Crippen molar-refractivity contribution < 1.29 is 23.9 Å². The van der Waals surface area contributed by atoms with E-state index in [1.54, 1.807) is 49.0 Å². The Balaban J connectivity index is 1.59. The summed E-state index contributed by atoms with van der Waals surface area (Å²) in [5.74, 6) is -0.579. The minimum atomic E-state index is -1.11. The van der Waals surface area contributed by atoms with E-state index < -0.39 is 17.4 Å². The maximum atomic E-state index is 14.1. The van der Waals surface area contributed by atoms with Crippen molar-refractivity contribution in [3.05, 3.63) is 75.7 Å². The molecule has 1 fully saturated rings. The zero-order valence-electron chi connectivity index (χ0n) is 23.4. The van der Waals surface area contributed by atoms with Crippen LogP contribution < -0.4 is 20.5 Å². The summed E-state index contributed by atoms with van der Waals surface area (Å²) >= 11 is 12.8. The largest absolute Gasteiger partial charge is 0.496 e. The number of amides is 3. The summed E-state index contributed by atoms with van der Waals surface area (Å²) in [6.45, 7) is 4.09. The fourth-order valence-electron chi connectivity index (χ4n) is 5.38. The van der Waals surface area contributed by atoms with E-state index in [0.29, 0.717) is 57.0 Å². The van der Waals surface area contributed by atoms with E-state index in [1.165, 1.54) is 18.2 Å². The van der Waals surface area contributed by atoms with Gasteiger partial charge in [0.1, 0.15) is 23.6 Å². The number of hydrogen-bond donors (Lipinski definition) is 2. The molecule has 0 radical (unpaired) electrons. The molecule has 0 saturated carbocycles. The minimum Gasteiger partial charge on any atom is -0.496 e. The van der Waals surface area contributed by atoms with E-state index in [1.807, 2.05) is 12.1 Å². The fourth-order valence-corrected chi connectivity index (χ4v) is 5.89. The summed E-state index contributed by atoms with van der Waals surface area (Å²) in [6.07, 6.45) is 2.99. The monoisotopic (exact) mass is 620 g/mol. The van der Waals surface area contributed by atoms with Crippen LogP contribution >= 0.6 is 23.2 Å². The van der Waals surface area contributed by atoms with E-state index >= 15 is 0 Å². The van der Waals surface area contributed by atoms with Gasteiger partial charge in [0, 0.05) is 57.8 Å². The number of methoxy groups -OCH3 is 1. The molecular weight excluding hydrogens is 595 g/mol. The summed E-state index contributed by atoms with van der Waals surface area (Å²) in [4.78, 5) is 44.3. The molecule has 4 heterocycles. The van der Waals surface area contributed by atoms with Gasteiger partial charge in [0.15, 0.2) is 11.4 Å². The lowest BCUT2D eigenvalue weighted by atomic mass is 9.94. The molecule has 2 aromatic carbocycles. The SMILES string of the molecule is COc1cc2c(cc1-c1cncc(C(N)=O)c1)-c1c(c(C(=O)N3CCNC(=O)C3(C)C)nn1-c1cc(Cl)cc(Cl)c1)OC2. The molecule has 2 aromatic heterocycles. The number of nitrogens with one attached hydrogen (secondary N) is 1. The van der Waals surface area contributed by atoms with Crippen molar-refractivity contribution in [2.45, 2.75) is 26.0 Å². The molecule has 6 rings (SSSR count). The van der Waals surface area contributed by atoms with Gasteiger partial charge < -0.3 is 25.4 Å². The Kier molecular flexibility index (Phi) is 7.02. The van der Waals surface area contributed by atoms with Crippen LogP contribution in [0.25, 0.3) is 28.1 Å². The molecule has 0 unspecified atom stereocenters. The Morgan fingerprint density at radius 3 is 2.51 bits per heavy atom. The van der Waals surface area contributed by atoms with E-state index in [9.17, 15) is 14.4 Å². The number of hydrogen-bond acceptors (Lipinski definition) is 7. The molecule has 220 valence electrons. The van der Waals surface area contributed by atoms with Gasteiger partial charge in [0.25, 0.3) is 5.91 Å². The Morgan fingerprint density at radius 1 is 1.07 bits per heavy atom. The van der Waals surface area contributed by atoms with Crippen LogP contribution in [0.1, 0.15) is 40.3 Å². The average molecular weight is 621 g/mol. The molecule has 2 aliphatic rings. The number of nitrogens with two attached hydrogens (primary N) is 1. The third kappa shape index (κ3) is 4.84. The lowest BCUT2D eigenvalue weighted by Gasteiger charge is -2.40. The molecule has 11 nitrogen and oxygen atoms in total. The predicted octanol–water partition coefficient (Wildman–Crippen LogP) is 4.26. The Hall–Kier alpha value is -4.61. The summed E-state index contributed by atoms with van der Waals surface area (Å²) in [5, 5.41) is 8.28. The van der Waals surface area contributed by atoms with Crippen LogP contribution in [-0.2, 0) is 11.4 Å². The molecule has 43 heavy (non-hydrogen) atoms. The molecule has 4 aromatic rings. The molecule has 0 spiro atoms. The van der Waals surface area contributed by atoms with Crippen LogP contribution in [0.5, 0.6) is 11.5 Å². The number of primary amides is 1. The Morgan fingerprint density at radius 2 is 1.81 bits per heavy atom. The number of fused-ring (bicyclic) bond motifs is 3. The molecular formula is C30H26Cl2N6O5. The van der Waals surface area contributed by atoms with Crippen LogP contribution in [-0.4, -0.2) is 63.1 Å². The highest BCUT2D eigenvalue weighted by molar-refractivity contribution is 6.34. The number of nitrogens with zero attached hydrogens (tertiary/aromatic N) is 4. The minimum absolute atomic E-state index is 0.0364. The molecule has 3 N–H and O–H groups in total. The van der Waals surface area contributed by atoms with Gasteiger partial charge in [-0.3, -0.25) is 19.4 Å². The van der Waals surface area contributed by atoms with Crippen LogP contribution in [0, 0.1) is 0 Å². The molecule has 1 saturated heterocycles. The summed E-state index contributed by atoms with van der Waals surface area (Å²) in [5.41, 5.74) is 8.32. The first-order valence-corrected chi connectivity index (χ1v) is 14.0. The summed E-state index contributed by atoms with van der Waals surface area (Å²) < 4.78 is 13.5. The van der Waals surface area contributed by atoms with Crippen LogP contribution in [0.15, 0.2) is 48.8 Å². The van der Waals surface area contributed by atoms with Gasteiger partial charge in [-0.25, -0.2) is 4.68 Å². The Labute approximate surface area is 256 Å². The van der Waals surface area contributed by atoms with Crippen LogP contribution in [0.4, 0.5) is 0 Å². The maximum absolute atomic E-state index is 14.1. The van der Waals surface area contributed by atoms with Gasteiger partial charge in [-0.15, -0.1) is 0 Å². The number of carbonyl (C=O) groups is 3. The van der Waals surface area contributed by atoms with Crippen molar-refractivity contribution in [3.63, 3.8) is 0 Å². The van der Waals surface area contributed by atoms with Crippen molar-refractivity contribution >= 4 is 40.9 Å². The first-order valence-electron chi connectivity index (χ1n) is 13.3. The summed E-state index contributed by atoms with van der Waals surface area (Å²) in [7, 11) is 1.54. The normalized spacial score (nSPS) is 15.2. The number of pyridine rings is 1. The average Bonchev–Trinajstić information content (AvgIpc) is 3.37. The van der Waals surface area contributed by atoms with Crippen LogP contribution in [0.2, 0.25) is 10.0 Å². The number of benzene rings is 2. The van der Waals surface area contributed by atoms with Crippen molar-refractivity contribution in [3.8, 4) is 39.6 Å². The van der Waals surface area contributed by atoms with Gasteiger partial charge in [-0.2, -0.15) is 5.10 Å². The van der Waals surface area contributed by atoms with E-state index in [4.69, 9.17) is 43.5 Å². The molecule has 3 amide bonds. The highest BCUT2D eigenvalue weighted by Gasteiger charge is 2.43. The van der Waals surface area contributed by atoms with E-state index in [0.717, 1.165) is 5.56 Å². The van der Waals surface area contributed by atoms with Crippen molar-refractivity contribution in [1.29, 1.82) is 0 Å². The molecule has 2 aliphatic heterocycles. The number of piperazine rings is 1. The standard InChI is InChI=1S/C30H26Cl2N6O5/c1-30(2)29(41)35-4-5-37(30)28(40)24-26-25(38(36-24)20-9-18(31)8-19(32)10-20)22-11-21(23(42-3)7-17(22)14-43-26)15-6-16(27(33)39)13-34-12-15/h6-13H,4-5,14H2,1-3H3,(H2,33,39)(H,35,41). The van der Waals surface area contributed by atoms with Gasteiger partial charge in [-0.05, 0) is 50.2 Å². The number of rotatable bonds is 5. The summed E-state index contributed by atoms with van der Waals surface area (Å²) in [6, 6.07) is 10.3. The maximum Gasteiger partial charge on any atom is 0.279 e. The second kappa shape index (κ2) is 10.6. The Bertz CT molecular complexity index is 1820. The zero-order valence-corrected chi connectivity index (χ0v) is 24.9. The molecule has 0 atom stereocenters. The lowest BCUT2D eigenvalue weighted by molar-refractivity contribution is -0.133. The van der Waals surface area contributed by atoms with Crippen molar-refractivity contribution in [1.82, 2.24) is 25.0 Å². The first kappa shape index (κ1) is 28.5. The topological polar surface area (TPSA) is 142 Å². The highest BCUT2D eigenvalue weighted by atomic mass is 35.5. The first-order chi connectivity index (χ1) is 20.5. The fraction of sp³-hybridized carbons (Fsp3) is 0.233. The zero-order chi connectivity index (χ0) is 30.6. The van der Waals surface area contributed by atoms with Gasteiger partial charge in [0.05, 0.1) is 18.4 Å². The molecule has 13 heteroatoms. The smallest absolute Gasteiger partial charge is 0.279 e. The second-order valence-corrected chi connectivity index (χ2v) is 11.5. The predicted molar refractivity (Wildman–Crippen MR) is 160 cm³/mol. The van der Waals surface area contributed by atoms with Gasteiger partial charge >= 0.3 is 0 Å². The number of halogens is 2. The van der Waals surface area contributed by atoms with E-state index in [2.05, 4.69) is 10.3 Å². The van der Waals surface area contributed by atoms with Crippen molar-refractivity contribution in [2.75, 3.05) is 20.2 Å². The third-order valence-electron chi connectivity index (χ3n) is 7.62.